The Morgan fingerprint density at radius 1 is 1.27 bits per heavy atom. The van der Waals surface area contributed by atoms with Crippen LogP contribution >= 0.6 is 11.6 Å². The van der Waals surface area contributed by atoms with Crippen LogP contribution < -0.4 is 15.2 Å². The first-order valence-electron chi connectivity index (χ1n) is 9.47. The molecule has 1 aromatic rings. The normalized spacial score (nSPS) is 15.8. The minimum atomic E-state index is 0.0236. The van der Waals surface area contributed by atoms with E-state index in [-0.39, 0.29) is 5.78 Å². The Balaban J connectivity index is 1.96. The molecular weight excluding hydrogens is 352 g/mol. The lowest BCUT2D eigenvalue weighted by atomic mass is 9.90. The summed E-state index contributed by atoms with van der Waals surface area (Å²) in [7, 11) is 3.00. The van der Waals surface area contributed by atoms with E-state index in [0.29, 0.717) is 40.1 Å². The number of benzene rings is 1. The lowest BCUT2D eigenvalue weighted by molar-refractivity contribution is 0.0958. The highest BCUT2D eigenvalue weighted by atomic mass is 35.5. The van der Waals surface area contributed by atoms with E-state index in [1.165, 1.54) is 46.4 Å². The molecule has 0 aliphatic carbocycles. The van der Waals surface area contributed by atoms with E-state index in [2.05, 4.69) is 11.8 Å². The summed E-state index contributed by atoms with van der Waals surface area (Å²) in [5.41, 5.74) is 6.67. The van der Waals surface area contributed by atoms with Crippen molar-refractivity contribution in [3.8, 4) is 11.5 Å². The van der Waals surface area contributed by atoms with Crippen LogP contribution in [0.1, 0.15) is 55.8 Å². The number of halogens is 1. The number of nitrogen functional groups attached to an aromatic ring is 1. The highest BCUT2D eigenvalue weighted by Crippen LogP contribution is 2.42. The number of nitrogens with two attached hydrogens (primary N) is 1. The van der Waals surface area contributed by atoms with Gasteiger partial charge >= 0.3 is 0 Å². The largest absolute Gasteiger partial charge is 0.492 e. The lowest BCUT2D eigenvalue weighted by Gasteiger charge is -2.31. The molecular formula is C20H31ClN2O3. The summed E-state index contributed by atoms with van der Waals surface area (Å²) in [5, 5.41) is 0.315. The number of carbonyl (C=O) groups is 1. The quantitative estimate of drug-likeness (QED) is 0.506. The molecule has 26 heavy (non-hydrogen) atoms. The van der Waals surface area contributed by atoms with Gasteiger partial charge in [-0.2, -0.15) is 0 Å². The van der Waals surface area contributed by atoms with Crippen molar-refractivity contribution in [3.63, 3.8) is 0 Å². The van der Waals surface area contributed by atoms with Gasteiger partial charge in [-0.15, -0.1) is 0 Å². The smallest absolute Gasteiger partial charge is 0.186 e. The molecule has 1 aromatic carbocycles. The standard InChI is InChI=1S/C20H31ClN2O3/c1-4-5-10-23-11-8-14(9-12-23)6-7-17(24)15-13-16(21)18(22)20(26-3)19(15)25-2/h13-14H,4-12,22H2,1-3H3. The molecule has 0 radical (unpaired) electrons. The van der Waals surface area contributed by atoms with Gasteiger partial charge in [0.1, 0.15) is 0 Å². The third kappa shape index (κ3) is 5.04. The van der Waals surface area contributed by atoms with Crippen molar-refractivity contribution >= 4 is 23.1 Å². The van der Waals surface area contributed by atoms with E-state index in [0.717, 1.165) is 19.5 Å². The molecule has 1 saturated heterocycles. The molecule has 5 nitrogen and oxygen atoms in total. The van der Waals surface area contributed by atoms with Crippen LogP contribution in [-0.2, 0) is 0 Å². The molecule has 146 valence electrons. The Morgan fingerprint density at radius 2 is 1.92 bits per heavy atom. The number of hydrogen-bond acceptors (Lipinski definition) is 5. The summed E-state index contributed by atoms with van der Waals surface area (Å²) in [4.78, 5) is 15.3. The highest BCUT2D eigenvalue weighted by molar-refractivity contribution is 6.34. The first-order valence-corrected chi connectivity index (χ1v) is 9.85. The molecule has 0 atom stereocenters. The zero-order valence-corrected chi connectivity index (χ0v) is 16.9. The fourth-order valence-electron chi connectivity index (χ4n) is 3.59. The van der Waals surface area contributed by atoms with Gasteiger partial charge in [0.25, 0.3) is 0 Å². The van der Waals surface area contributed by atoms with E-state index < -0.39 is 0 Å². The van der Waals surface area contributed by atoms with E-state index in [4.69, 9.17) is 26.8 Å². The maximum absolute atomic E-state index is 12.8. The Labute approximate surface area is 161 Å². The van der Waals surface area contributed by atoms with E-state index >= 15 is 0 Å². The molecule has 2 N–H and O–H groups in total. The van der Waals surface area contributed by atoms with Crippen molar-refractivity contribution < 1.29 is 14.3 Å². The van der Waals surface area contributed by atoms with Crippen LogP contribution in [0.2, 0.25) is 5.02 Å². The van der Waals surface area contributed by atoms with Crippen LogP contribution in [0.15, 0.2) is 6.07 Å². The second kappa shape index (κ2) is 10.0. The zero-order chi connectivity index (χ0) is 19.1. The van der Waals surface area contributed by atoms with E-state index in [1.807, 2.05) is 0 Å². The Morgan fingerprint density at radius 3 is 2.50 bits per heavy atom. The summed E-state index contributed by atoms with van der Waals surface area (Å²) < 4.78 is 10.7. The van der Waals surface area contributed by atoms with Crippen LogP contribution in [0.3, 0.4) is 0 Å². The monoisotopic (exact) mass is 382 g/mol. The van der Waals surface area contributed by atoms with E-state index in [1.54, 1.807) is 6.07 Å². The summed E-state index contributed by atoms with van der Waals surface area (Å²) in [6, 6.07) is 1.59. The summed E-state index contributed by atoms with van der Waals surface area (Å²) in [5.74, 6) is 1.32. The number of anilines is 1. The van der Waals surface area contributed by atoms with Crippen molar-refractivity contribution in [2.75, 3.05) is 39.6 Å². The van der Waals surface area contributed by atoms with Gasteiger partial charge in [-0.1, -0.05) is 24.9 Å². The number of likely N-dealkylation sites (tertiary alicyclic amines) is 1. The van der Waals surface area contributed by atoms with Crippen molar-refractivity contribution in [2.45, 2.75) is 45.4 Å². The SMILES string of the molecule is CCCCN1CCC(CCC(=O)c2cc(Cl)c(N)c(OC)c2OC)CC1. The predicted octanol–water partition coefficient (Wildman–Crippen LogP) is 4.41. The third-order valence-electron chi connectivity index (χ3n) is 5.25. The maximum Gasteiger partial charge on any atom is 0.186 e. The van der Waals surface area contributed by atoms with Crippen molar-refractivity contribution in [3.05, 3.63) is 16.7 Å². The molecule has 1 fully saturated rings. The lowest BCUT2D eigenvalue weighted by Crippen LogP contribution is -2.34. The summed E-state index contributed by atoms with van der Waals surface area (Å²) in [6.07, 6.45) is 6.22. The average Bonchev–Trinajstić information content (AvgIpc) is 2.66. The number of carbonyl (C=O) groups excluding carboxylic acids is 1. The van der Waals surface area contributed by atoms with Crippen LogP contribution in [0.25, 0.3) is 0 Å². The molecule has 0 bridgehead atoms. The number of unbranched alkanes of at least 4 members (excludes halogenated alkanes) is 1. The fraction of sp³-hybridized carbons (Fsp3) is 0.650. The summed E-state index contributed by atoms with van der Waals surface area (Å²) in [6.45, 7) is 5.71. The van der Waals surface area contributed by atoms with Gasteiger partial charge in [0.05, 0.1) is 30.5 Å². The van der Waals surface area contributed by atoms with Crippen LogP contribution in [0, 0.1) is 5.92 Å². The number of ether oxygens (including phenoxy) is 2. The van der Waals surface area contributed by atoms with Gasteiger partial charge in [0, 0.05) is 6.42 Å². The summed E-state index contributed by atoms with van der Waals surface area (Å²) >= 11 is 6.16. The second-order valence-electron chi connectivity index (χ2n) is 6.99. The molecule has 0 amide bonds. The molecule has 1 heterocycles. The first kappa shape index (κ1) is 20.8. The molecule has 0 aromatic heterocycles. The highest BCUT2D eigenvalue weighted by Gasteiger charge is 2.24. The van der Waals surface area contributed by atoms with Gasteiger partial charge in [-0.3, -0.25) is 4.79 Å². The van der Waals surface area contributed by atoms with Gasteiger partial charge in [-0.05, 0) is 57.3 Å². The molecule has 0 spiro atoms. The van der Waals surface area contributed by atoms with Gasteiger partial charge in [0.15, 0.2) is 17.3 Å². The third-order valence-corrected chi connectivity index (χ3v) is 5.56. The van der Waals surface area contributed by atoms with E-state index in [9.17, 15) is 4.79 Å². The van der Waals surface area contributed by atoms with Crippen LogP contribution in [0.4, 0.5) is 5.69 Å². The number of ketones is 1. The first-order chi connectivity index (χ1) is 12.5. The molecule has 0 saturated carbocycles. The van der Waals surface area contributed by atoms with Crippen molar-refractivity contribution in [2.24, 2.45) is 5.92 Å². The average molecular weight is 383 g/mol. The predicted molar refractivity (Wildman–Crippen MR) is 107 cm³/mol. The van der Waals surface area contributed by atoms with Crippen LogP contribution in [0.5, 0.6) is 11.5 Å². The Bertz CT molecular complexity index is 614. The number of nitrogens with zero attached hydrogens (tertiary/aromatic N) is 1. The number of rotatable bonds is 9. The van der Waals surface area contributed by atoms with Gasteiger partial charge in [0.2, 0.25) is 0 Å². The number of hydrogen-bond donors (Lipinski definition) is 1. The van der Waals surface area contributed by atoms with Crippen molar-refractivity contribution in [1.29, 1.82) is 0 Å². The molecule has 2 rings (SSSR count). The fourth-order valence-corrected chi connectivity index (χ4v) is 3.78. The van der Waals surface area contributed by atoms with Crippen LogP contribution in [-0.4, -0.2) is 44.5 Å². The Hall–Kier alpha value is -1.46. The minimum absolute atomic E-state index is 0.0236. The van der Waals surface area contributed by atoms with Crippen molar-refractivity contribution in [1.82, 2.24) is 4.90 Å². The maximum atomic E-state index is 12.8. The second-order valence-corrected chi connectivity index (χ2v) is 7.39. The topological polar surface area (TPSA) is 64.8 Å². The zero-order valence-electron chi connectivity index (χ0n) is 16.1. The van der Waals surface area contributed by atoms with Gasteiger partial charge in [-0.25, -0.2) is 0 Å². The molecule has 6 heteroatoms. The molecule has 0 unspecified atom stereocenters. The Kier molecular flexibility index (Phi) is 8.04. The number of Topliss-reactive ketones (excluding diaryl/α,β-unsaturated/α-hetero) is 1. The minimum Gasteiger partial charge on any atom is -0.492 e. The van der Waals surface area contributed by atoms with Gasteiger partial charge < -0.3 is 20.1 Å². The number of piperidine rings is 1. The molecule has 1 aliphatic rings. The number of methoxy groups -OCH3 is 2. The molecule has 1 aliphatic heterocycles.